The molecule has 0 bridgehead atoms. The van der Waals surface area contributed by atoms with Crippen LogP contribution in [0.25, 0.3) is 0 Å². The standard InChI is InChI=1S/C13H19N3O3/c1-8(14)12(17)15-10-5-4-6-11(7-10)16-13(18)9(2)19-3/h4-9H,14H2,1-3H3,(H,15,17)(H,16,18)/t8-,9?/m1/s1. The predicted molar refractivity (Wildman–Crippen MR) is 73.8 cm³/mol. The van der Waals surface area contributed by atoms with E-state index in [4.69, 9.17) is 10.5 Å². The first kappa shape index (κ1) is 15.1. The Labute approximate surface area is 112 Å². The molecule has 6 heteroatoms. The van der Waals surface area contributed by atoms with Crippen LogP contribution in [0.2, 0.25) is 0 Å². The zero-order chi connectivity index (χ0) is 14.4. The molecule has 1 aromatic carbocycles. The van der Waals surface area contributed by atoms with E-state index >= 15 is 0 Å². The Balaban J connectivity index is 2.72. The zero-order valence-electron chi connectivity index (χ0n) is 11.3. The Morgan fingerprint density at radius 3 is 2.16 bits per heavy atom. The molecule has 0 aliphatic rings. The average molecular weight is 265 g/mol. The molecule has 0 heterocycles. The Hall–Kier alpha value is -1.92. The molecule has 0 saturated heterocycles. The molecule has 0 aliphatic heterocycles. The summed E-state index contributed by atoms with van der Waals surface area (Å²) >= 11 is 0. The zero-order valence-corrected chi connectivity index (χ0v) is 11.3. The summed E-state index contributed by atoms with van der Waals surface area (Å²) < 4.78 is 4.91. The van der Waals surface area contributed by atoms with Crippen molar-refractivity contribution in [3.8, 4) is 0 Å². The number of nitrogens with two attached hydrogens (primary N) is 1. The number of hydrogen-bond donors (Lipinski definition) is 3. The average Bonchev–Trinajstić information content (AvgIpc) is 2.37. The summed E-state index contributed by atoms with van der Waals surface area (Å²) in [7, 11) is 1.46. The van der Waals surface area contributed by atoms with Crippen molar-refractivity contribution in [2.75, 3.05) is 17.7 Å². The summed E-state index contributed by atoms with van der Waals surface area (Å²) in [4.78, 5) is 23.1. The van der Waals surface area contributed by atoms with Crippen LogP contribution in [0.5, 0.6) is 0 Å². The van der Waals surface area contributed by atoms with Gasteiger partial charge in [0.15, 0.2) is 0 Å². The first-order valence-corrected chi connectivity index (χ1v) is 5.94. The highest BCUT2D eigenvalue weighted by molar-refractivity contribution is 5.97. The van der Waals surface area contributed by atoms with Crippen molar-refractivity contribution in [2.24, 2.45) is 5.73 Å². The Kier molecular flexibility index (Phi) is 5.47. The van der Waals surface area contributed by atoms with Gasteiger partial charge >= 0.3 is 0 Å². The molecule has 1 aromatic rings. The van der Waals surface area contributed by atoms with E-state index < -0.39 is 12.1 Å². The van der Waals surface area contributed by atoms with Crippen molar-refractivity contribution >= 4 is 23.2 Å². The van der Waals surface area contributed by atoms with Gasteiger partial charge in [-0.15, -0.1) is 0 Å². The molecule has 2 atom stereocenters. The molecule has 0 fully saturated rings. The Morgan fingerprint density at radius 2 is 1.68 bits per heavy atom. The maximum atomic E-state index is 11.6. The molecule has 1 unspecified atom stereocenters. The molecule has 104 valence electrons. The number of hydrogen-bond acceptors (Lipinski definition) is 4. The third-order valence-electron chi connectivity index (χ3n) is 2.53. The summed E-state index contributed by atoms with van der Waals surface area (Å²) in [6, 6.07) is 6.23. The lowest BCUT2D eigenvalue weighted by Crippen LogP contribution is -2.32. The van der Waals surface area contributed by atoms with E-state index in [-0.39, 0.29) is 11.8 Å². The fourth-order valence-corrected chi connectivity index (χ4v) is 1.28. The third kappa shape index (κ3) is 4.69. The molecule has 4 N–H and O–H groups in total. The summed E-state index contributed by atoms with van der Waals surface area (Å²) in [5.41, 5.74) is 6.62. The van der Waals surface area contributed by atoms with Crippen LogP contribution in [0.15, 0.2) is 24.3 Å². The van der Waals surface area contributed by atoms with Crippen molar-refractivity contribution in [3.63, 3.8) is 0 Å². The monoisotopic (exact) mass is 265 g/mol. The molecule has 6 nitrogen and oxygen atoms in total. The lowest BCUT2D eigenvalue weighted by Gasteiger charge is -2.12. The van der Waals surface area contributed by atoms with Crippen molar-refractivity contribution in [3.05, 3.63) is 24.3 Å². The van der Waals surface area contributed by atoms with Crippen molar-refractivity contribution < 1.29 is 14.3 Å². The first-order chi connectivity index (χ1) is 8.93. The number of carbonyl (C=O) groups is 2. The highest BCUT2D eigenvalue weighted by atomic mass is 16.5. The maximum absolute atomic E-state index is 11.6. The number of anilines is 2. The number of amides is 2. The van der Waals surface area contributed by atoms with Crippen molar-refractivity contribution in [1.29, 1.82) is 0 Å². The lowest BCUT2D eigenvalue weighted by atomic mass is 10.2. The van der Waals surface area contributed by atoms with Gasteiger partial charge in [-0.2, -0.15) is 0 Å². The van der Waals surface area contributed by atoms with E-state index in [1.165, 1.54) is 7.11 Å². The maximum Gasteiger partial charge on any atom is 0.253 e. The van der Waals surface area contributed by atoms with Gasteiger partial charge in [-0.3, -0.25) is 9.59 Å². The van der Waals surface area contributed by atoms with Gasteiger partial charge in [-0.05, 0) is 32.0 Å². The van der Waals surface area contributed by atoms with Crippen LogP contribution in [0.3, 0.4) is 0 Å². The molecule has 0 spiro atoms. The number of ether oxygens (including phenoxy) is 1. The number of nitrogens with one attached hydrogen (secondary N) is 2. The quantitative estimate of drug-likeness (QED) is 0.738. The van der Waals surface area contributed by atoms with Crippen LogP contribution in [0.4, 0.5) is 11.4 Å². The second kappa shape index (κ2) is 6.86. The molecule has 2 amide bonds. The van der Waals surface area contributed by atoms with E-state index in [2.05, 4.69) is 10.6 Å². The molecule has 1 rings (SSSR count). The minimum atomic E-state index is -0.591. The highest BCUT2D eigenvalue weighted by Crippen LogP contribution is 2.15. The van der Waals surface area contributed by atoms with E-state index in [1.54, 1.807) is 38.1 Å². The Morgan fingerprint density at radius 1 is 1.16 bits per heavy atom. The van der Waals surface area contributed by atoms with Crippen LogP contribution in [-0.4, -0.2) is 31.1 Å². The molecule has 0 saturated carbocycles. The molecule has 19 heavy (non-hydrogen) atoms. The van der Waals surface area contributed by atoms with Crippen LogP contribution in [0.1, 0.15) is 13.8 Å². The first-order valence-electron chi connectivity index (χ1n) is 5.94. The molecular weight excluding hydrogens is 246 g/mol. The summed E-state index contributed by atoms with van der Waals surface area (Å²) in [6.45, 7) is 3.25. The number of carbonyl (C=O) groups excluding carboxylic acids is 2. The molecule has 0 radical (unpaired) electrons. The van der Waals surface area contributed by atoms with Crippen LogP contribution >= 0.6 is 0 Å². The van der Waals surface area contributed by atoms with Gasteiger partial charge in [0.05, 0.1) is 6.04 Å². The van der Waals surface area contributed by atoms with E-state index in [0.29, 0.717) is 11.4 Å². The van der Waals surface area contributed by atoms with Gasteiger partial charge in [0.2, 0.25) is 5.91 Å². The minimum absolute atomic E-state index is 0.252. The molecule has 0 aliphatic carbocycles. The van der Waals surface area contributed by atoms with Gasteiger partial charge in [0, 0.05) is 18.5 Å². The SMILES string of the molecule is COC(C)C(=O)Nc1cccc(NC(=O)[C@@H](C)N)c1. The normalized spacial score (nSPS) is 13.5. The van der Waals surface area contributed by atoms with Crippen LogP contribution < -0.4 is 16.4 Å². The van der Waals surface area contributed by atoms with E-state index in [0.717, 1.165) is 0 Å². The van der Waals surface area contributed by atoms with Crippen molar-refractivity contribution in [2.45, 2.75) is 26.0 Å². The summed E-state index contributed by atoms with van der Waals surface area (Å²) in [5, 5.41) is 5.34. The highest BCUT2D eigenvalue weighted by Gasteiger charge is 2.12. The fraction of sp³-hybridized carbons (Fsp3) is 0.385. The van der Waals surface area contributed by atoms with Gasteiger partial charge in [-0.25, -0.2) is 0 Å². The smallest absolute Gasteiger partial charge is 0.253 e. The largest absolute Gasteiger partial charge is 0.372 e. The van der Waals surface area contributed by atoms with Gasteiger partial charge in [0.1, 0.15) is 6.10 Å². The van der Waals surface area contributed by atoms with Crippen LogP contribution in [-0.2, 0) is 14.3 Å². The summed E-state index contributed by atoms with van der Waals surface area (Å²) in [5.74, 6) is -0.535. The predicted octanol–water partition coefficient (Wildman–Crippen LogP) is 0.946. The molecule has 0 aromatic heterocycles. The van der Waals surface area contributed by atoms with Gasteiger partial charge in [0.25, 0.3) is 5.91 Å². The molecular formula is C13H19N3O3. The van der Waals surface area contributed by atoms with Gasteiger partial charge in [-0.1, -0.05) is 6.07 Å². The minimum Gasteiger partial charge on any atom is -0.372 e. The number of methoxy groups -OCH3 is 1. The lowest BCUT2D eigenvalue weighted by molar-refractivity contribution is -0.124. The number of benzene rings is 1. The second-order valence-electron chi connectivity index (χ2n) is 4.23. The third-order valence-corrected chi connectivity index (χ3v) is 2.53. The second-order valence-corrected chi connectivity index (χ2v) is 4.23. The van der Waals surface area contributed by atoms with E-state index in [1.807, 2.05) is 0 Å². The van der Waals surface area contributed by atoms with Gasteiger partial charge < -0.3 is 21.1 Å². The Bertz CT molecular complexity index is 460. The van der Waals surface area contributed by atoms with E-state index in [9.17, 15) is 9.59 Å². The van der Waals surface area contributed by atoms with Crippen LogP contribution in [0, 0.1) is 0 Å². The van der Waals surface area contributed by atoms with Crippen molar-refractivity contribution in [1.82, 2.24) is 0 Å². The number of rotatable bonds is 5. The topological polar surface area (TPSA) is 93.5 Å². The fourth-order valence-electron chi connectivity index (χ4n) is 1.28. The summed E-state index contributed by atoms with van der Waals surface area (Å²) in [6.07, 6.45) is -0.540.